The second-order valence-electron chi connectivity index (χ2n) is 4.86. The minimum atomic E-state index is -0.534. The van der Waals surface area contributed by atoms with Gasteiger partial charge in [-0.15, -0.1) is 0 Å². The van der Waals surface area contributed by atoms with Crippen LogP contribution in [0.1, 0.15) is 36.0 Å². The van der Waals surface area contributed by atoms with Gasteiger partial charge in [-0.05, 0) is 12.8 Å². The number of ketones is 1. The molecule has 0 aliphatic carbocycles. The highest BCUT2D eigenvalue weighted by Crippen LogP contribution is 2.16. The average molecular weight is 276 g/mol. The highest BCUT2D eigenvalue weighted by molar-refractivity contribution is 5.99. The fourth-order valence-electron chi connectivity index (χ4n) is 2.26. The number of benzene rings is 1. The van der Waals surface area contributed by atoms with Gasteiger partial charge in [0.1, 0.15) is 0 Å². The Hall–Kier alpha value is -2.24. The van der Waals surface area contributed by atoms with E-state index in [1.807, 2.05) is 0 Å². The van der Waals surface area contributed by atoms with Gasteiger partial charge in [0.2, 0.25) is 5.91 Å². The van der Waals surface area contributed by atoms with E-state index in [9.17, 15) is 19.7 Å². The van der Waals surface area contributed by atoms with Crippen molar-refractivity contribution in [2.45, 2.75) is 25.7 Å². The molecule has 0 spiro atoms. The largest absolute Gasteiger partial charge is 0.335 e. The molecule has 1 amide bonds. The smallest absolute Gasteiger partial charge is 0.270 e. The molecule has 6 nitrogen and oxygen atoms in total. The highest BCUT2D eigenvalue weighted by atomic mass is 16.6. The first-order chi connectivity index (χ1) is 9.58. The first kappa shape index (κ1) is 14.2. The zero-order chi connectivity index (χ0) is 14.5. The molecule has 0 bridgehead atoms. The minimum absolute atomic E-state index is 0.000000945. The van der Waals surface area contributed by atoms with E-state index in [-0.39, 0.29) is 29.5 Å². The maximum atomic E-state index is 12.1. The third-order valence-electron chi connectivity index (χ3n) is 3.38. The lowest BCUT2D eigenvalue weighted by molar-refractivity contribution is -0.384. The molecule has 2 rings (SSSR count). The van der Waals surface area contributed by atoms with Crippen LogP contribution in [0.5, 0.6) is 0 Å². The van der Waals surface area contributed by atoms with E-state index in [0.717, 1.165) is 19.3 Å². The molecule has 106 valence electrons. The summed E-state index contributed by atoms with van der Waals surface area (Å²) in [5, 5.41) is 10.7. The van der Waals surface area contributed by atoms with E-state index in [2.05, 4.69) is 0 Å². The molecule has 1 aromatic carbocycles. The Morgan fingerprint density at radius 3 is 2.85 bits per heavy atom. The number of nitro benzene ring substituents is 1. The molecule has 0 saturated carbocycles. The van der Waals surface area contributed by atoms with Crippen LogP contribution in [-0.4, -0.2) is 34.6 Å². The fraction of sp³-hybridized carbons (Fsp3) is 0.429. The summed E-state index contributed by atoms with van der Waals surface area (Å²) in [5.41, 5.74) is 0.161. The number of Topliss-reactive ketones (excluding diaryl/α,β-unsaturated/α-hetero) is 1. The van der Waals surface area contributed by atoms with E-state index in [1.165, 1.54) is 24.3 Å². The van der Waals surface area contributed by atoms with Crippen LogP contribution in [0.2, 0.25) is 0 Å². The molecule has 0 N–H and O–H groups in total. The van der Waals surface area contributed by atoms with Crippen molar-refractivity contribution in [2.75, 3.05) is 13.1 Å². The summed E-state index contributed by atoms with van der Waals surface area (Å²) in [4.78, 5) is 35.7. The van der Waals surface area contributed by atoms with Crippen LogP contribution in [0.3, 0.4) is 0 Å². The number of nitro groups is 1. The third kappa shape index (κ3) is 3.40. The number of hydrogen-bond donors (Lipinski definition) is 0. The van der Waals surface area contributed by atoms with E-state index >= 15 is 0 Å². The summed E-state index contributed by atoms with van der Waals surface area (Å²) in [6, 6.07) is 5.62. The Morgan fingerprint density at radius 2 is 2.10 bits per heavy atom. The Bertz CT molecular complexity index is 542. The molecular weight excluding hydrogens is 260 g/mol. The third-order valence-corrected chi connectivity index (χ3v) is 3.38. The molecule has 0 aromatic heterocycles. The highest BCUT2D eigenvalue weighted by Gasteiger charge is 2.20. The zero-order valence-corrected chi connectivity index (χ0v) is 11.1. The standard InChI is InChI=1S/C14H16N2O4/c17-13(10-15-8-3-1-2-7-14(15)18)11-5-4-6-12(9-11)16(19)20/h4-6,9H,1-3,7-8,10H2. The van der Waals surface area contributed by atoms with Crippen LogP contribution >= 0.6 is 0 Å². The number of carbonyl (C=O) groups is 2. The van der Waals surface area contributed by atoms with Crippen molar-refractivity contribution in [1.29, 1.82) is 0 Å². The molecule has 1 aliphatic heterocycles. The van der Waals surface area contributed by atoms with E-state index in [4.69, 9.17) is 0 Å². The summed E-state index contributed by atoms with van der Waals surface area (Å²) in [6.07, 6.45) is 3.23. The Balaban J connectivity index is 2.09. The van der Waals surface area contributed by atoms with Crippen molar-refractivity contribution in [3.8, 4) is 0 Å². The summed E-state index contributed by atoms with van der Waals surface area (Å²) in [6.45, 7) is 0.583. The van der Waals surface area contributed by atoms with E-state index < -0.39 is 4.92 Å². The van der Waals surface area contributed by atoms with Crippen molar-refractivity contribution < 1.29 is 14.5 Å². The van der Waals surface area contributed by atoms with Crippen LogP contribution in [0, 0.1) is 10.1 Å². The number of non-ortho nitro benzene ring substituents is 1. The molecule has 20 heavy (non-hydrogen) atoms. The summed E-state index contributed by atoms with van der Waals surface area (Å²) < 4.78 is 0. The van der Waals surface area contributed by atoms with Gasteiger partial charge in [0.25, 0.3) is 5.69 Å². The molecule has 1 aliphatic rings. The Labute approximate surface area is 116 Å². The van der Waals surface area contributed by atoms with Gasteiger partial charge in [0.15, 0.2) is 5.78 Å². The Kier molecular flexibility index (Phi) is 4.45. The molecule has 1 heterocycles. The van der Waals surface area contributed by atoms with Crippen LogP contribution in [0.25, 0.3) is 0 Å². The van der Waals surface area contributed by atoms with Crippen molar-refractivity contribution >= 4 is 17.4 Å². The number of rotatable bonds is 4. The van der Waals surface area contributed by atoms with Crippen LogP contribution < -0.4 is 0 Å². The van der Waals surface area contributed by atoms with Crippen molar-refractivity contribution in [2.24, 2.45) is 0 Å². The molecule has 1 aromatic rings. The number of hydrogen-bond acceptors (Lipinski definition) is 4. The molecule has 1 saturated heterocycles. The lowest BCUT2D eigenvalue weighted by Gasteiger charge is -2.19. The van der Waals surface area contributed by atoms with E-state index in [0.29, 0.717) is 13.0 Å². The maximum Gasteiger partial charge on any atom is 0.270 e. The first-order valence-corrected chi connectivity index (χ1v) is 6.63. The average Bonchev–Trinajstić information content (AvgIpc) is 2.64. The monoisotopic (exact) mass is 276 g/mol. The summed E-state index contributed by atoms with van der Waals surface area (Å²) in [5.74, 6) is -0.273. The van der Waals surface area contributed by atoms with Crippen molar-refractivity contribution in [1.82, 2.24) is 4.90 Å². The second-order valence-corrected chi connectivity index (χ2v) is 4.86. The Morgan fingerprint density at radius 1 is 1.30 bits per heavy atom. The molecule has 0 unspecified atom stereocenters. The lowest BCUT2D eigenvalue weighted by atomic mass is 10.1. The lowest BCUT2D eigenvalue weighted by Crippen LogP contribution is -2.35. The quantitative estimate of drug-likeness (QED) is 0.479. The fourth-order valence-corrected chi connectivity index (χ4v) is 2.26. The number of carbonyl (C=O) groups excluding carboxylic acids is 2. The number of amides is 1. The first-order valence-electron chi connectivity index (χ1n) is 6.63. The van der Waals surface area contributed by atoms with Gasteiger partial charge < -0.3 is 4.90 Å². The second kappa shape index (κ2) is 6.27. The van der Waals surface area contributed by atoms with Gasteiger partial charge in [-0.3, -0.25) is 19.7 Å². The molecule has 0 radical (unpaired) electrons. The van der Waals surface area contributed by atoms with Crippen LogP contribution in [-0.2, 0) is 4.79 Å². The molecule has 0 atom stereocenters. The van der Waals surface area contributed by atoms with Crippen molar-refractivity contribution in [3.05, 3.63) is 39.9 Å². The number of nitrogens with zero attached hydrogens (tertiary/aromatic N) is 2. The predicted molar refractivity (Wildman–Crippen MR) is 72.5 cm³/mol. The van der Waals surface area contributed by atoms with Gasteiger partial charge in [-0.25, -0.2) is 0 Å². The van der Waals surface area contributed by atoms with Gasteiger partial charge in [0, 0.05) is 30.7 Å². The molecular formula is C14H16N2O4. The van der Waals surface area contributed by atoms with E-state index in [1.54, 1.807) is 4.90 Å². The normalized spacial score (nSPS) is 15.8. The SMILES string of the molecule is O=C(CN1CCCCCC1=O)c1cccc([N+](=O)[O-])c1. The minimum Gasteiger partial charge on any atom is -0.335 e. The number of likely N-dealkylation sites (tertiary alicyclic amines) is 1. The van der Waals surface area contributed by atoms with Gasteiger partial charge in [-0.2, -0.15) is 0 Å². The molecule has 1 fully saturated rings. The zero-order valence-electron chi connectivity index (χ0n) is 11.1. The van der Waals surface area contributed by atoms with Crippen LogP contribution in [0.15, 0.2) is 24.3 Å². The molecule has 6 heteroatoms. The van der Waals surface area contributed by atoms with Crippen molar-refractivity contribution in [3.63, 3.8) is 0 Å². The van der Waals surface area contributed by atoms with Crippen LogP contribution in [0.4, 0.5) is 5.69 Å². The topological polar surface area (TPSA) is 80.5 Å². The summed E-state index contributed by atoms with van der Waals surface area (Å²) in [7, 11) is 0. The maximum absolute atomic E-state index is 12.1. The summed E-state index contributed by atoms with van der Waals surface area (Å²) >= 11 is 0. The van der Waals surface area contributed by atoms with Gasteiger partial charge >= 0.3 is 0 Å². The van der Waals surface area contributed by atoms with Gasteiger partial charge in [0.05, 0.1) is 11.5 Å². The van der Waals surface area contributed by atoms with Gasteiger partial charge in [-0.1, -0.05) is 18.6 Å². The predicted octanol–water partition coefficient (Wildman–Crippen LogP) is 2.18.